The van der Waals surface area contributed by atoms with Gasteiger partial charge in [0.05, 0.1) is 0 Å². The first-order valence-corrected chi connectivity index (χ1v) is 8.34. The van der Waals surface area contributed by atoms with Gasteiger partial charge in [0, 0.05) is 19.8 Å². The summed E-state index contributed by atoms with van der Waals surface area (Å²) in [7, 11) is 0. The van der Waals surface area contributed by atoms with Gasteiger partial charge in [-0.05, 0) is 49.3 Å². The zero-order chi connectivity index (χ0) is 15.6. The summed E-state index contributed by atoms with van der Waals surface area (Å²) in [4.78, 5) is 11.8. The predicted molar refractivity (Wildman–Crippen MR) is 87.1 cm³/mol. The lowest BCUT2D eigenvalue weighted by atomic mass is 9.97. The van der Waals surface area contributed by atoms with Crippen LogP contribution in [0.5, 0.6) is 5.75 Å². The van der Waals surface area contributed by atoms with Gasteiger partial charge >= 0.3 is 0 Å². The molecule has 0 unspecified atom stereocenters. The molecule has 2 rings (SSSR count). The molecule has 0 saturated carbocycles. The fourth-order valence-electron chi connectivity index (χ4n) is 2.69. The maximum Gasteiger partial charge on any atom is 0.257 e. The van der Waals surface area contributed by atoms with E-state index in [0.717, 1.165) is 57.6 Å². The molecule has 122 valence electrons. The van der Waals surface area contributed by atoms with Gasteiger partial charge in [0.2, 0.25) is 0 Å². The predicted octanol–water partition coefficient (Wildman–Crippen LogP) is 2.95. The van der Waals surface area contributed by atoms with E-state index in [4.69, 9.17) is 9.47 Å². The Morgan fingerprint density at radius 2 is 2.00 bits per heavy atom. The van der Waals surface area contributed by atoms with Gasteiger partial charge in [-0.25, -0.2) is 0 Å². The first-order chi connectivity index (χ1) is 10.8. The Balaban J connectivity index is 1.60. The minimum Gasteiger partial charge on any atom is -0.484 e. The van der Waals surface area contributed by atoms with E-state index >= 15 is 0 Å². The number of amides is 1. The van der Waals surface area contributed by atoms with Crippen LogP contribution < -0.4 is 10.1 Å². The van der Waals surface area contributed by atoms with E-state index in [9.17, 15) is 4.79 Å². The summed E-state index contributed by atoms with van der Waals surface area (Å²) in [5.74, 6) is 1.38. The maximum atomic E-state index is 11.8. The molecule has 22 heavy (non-hydrogen) atoms. The van der Waals surface area contributed by atoms with Gasteiger partial charge < -0.3 is 14.8 Å². The van der Waals surface area contributed by atoms with Crippen LogP contribution >= 0.6 is 0 Å². The molecule has 0 spiro atoms. The highest BCUT2D eigenvalue weighted by molar-refractivity contribution is 5.77. The number of rotatable bonds is 8. The summed E-state index contributed by atoms with van der Waals surface area (Å²) in [6, 6.07) is 7.98. The Morgan fingerprint density at radius 3 is 2.68 bits per heavy atom. The molecular formula is C18H27NO3. The van der Waals surface area contributed by atoms with Crippen LogP contribution in [0, 0.1) is 5.92 Å². The molecule has 4 nitrogen and oxygen atoms in total. The van der Waals surface area contributed by atoms with Crippen molar-refractivity contribution in [2.45, 2.75) is 39.0 Å². The molecule has 1 N–H and O–H groups in total. The quantitative estimate of drug-likeness (QED) is 0.803. The van der Waals surface area contributed by atoms with Crippen molar-refractivity contribution in [1.82, 2.24) is 5.32 Å². The fourth-order valence-corrected chi connectivity index (χ4v) is 2.69. The molecular weight excluding hydrogens is 278 g/mol. The number of hydrogen-bond acceptors (Lipinski definition) is 3. The van der Waals surface area contributed by atoms with E-state index < -0.39 is 0 Å². The molecule has 0 radical (unpaired) electrons. The highest BCUT2D eigenvalue weighted by Gasteiger charge is 2.13. The molecule has 0 bridgehead atoms. The Hall–Kier alpha value is -1.55. The Labute approximate surface area is 133 Å². The second-order valence-corrected chi connectivity index (χ2v) is 5.88. The van der Waals surface area contributed by atoms with E-state index in [-0.39, 0.29) is 12.5 Å². The smallest absolute Gasteiger partial charge is 0.257 e. The molecule has 1 aromatic rings. The Kier molecular flexibility index (Phi) is 7.23. The fraction of sp³-hybridized carbons (Fsp3) is 0.611. The average Bonchev–Trinajstić information content (AvgIpc) is 2.55. The average molecular weight is 305 g/mol. The standard InChI is InChI=1S/C18H27NO3/c1-2-3-15-4-6-17(7-5-15)22-14-18(20)19-11-8-16-9-12-21-13-10-16/h4-7,16H,2-3,8-14H2,1H3,(H,19,20). The van der Waals surface area contributed by atoms with Gasteiger partial charge in [-0.1, -0.05) is 25.5 Å². The molecule has 1 aliphatic rings. The first-order valence-electron chi connectivity index (χ1n) is 8.34. The molecule has 1 heterocycles. The number of ether oxygens (including phenoxy) is 2. The van der Waals surface area contributed by atoms with E-state index in [1.807, 2.05) is 12.1 Å². The van der Waals surface area contributed by atoms with Crippen molar-refractivity contribution in [3.05, 3.63) is 29.8 Å². The van der Waals surface area contributed by atoms with Gasteiger partial charge in [0.1, 0.15) is 5.75 Å². The van der Waals surface area contributed by atoms with Crippen molar-refractivity contribution in [3.8, 4) is 5.75 Å². The minimum atomic E-state index is -0.0512. The van der Waals surface area contributed by atoms with Crippen molar-refractivity contribution in [2.75, 3.05) is 26.4 Å². The van der Waals surface area contributed by atoms with Crippen LogP contribution in [0.1, 0.15) is 38.2 Å². The summed E-state index contributed by atoms with van der Waals surface area (Å²) in [6.45, 7) is 4.68. The molecule has 0 aliphatic carbocycles. The molecule has 0 atom stereocenters. The van der Waals surface area contributed by atoms with Gasteiger partial charge in [0.15, 0.2) is 6.61 Å². The number of nitrogens with one attached hydrogen (secondary N) is 1. The molecule has 0 aromatic heterocycles. The third-order valence-corrected chi connectivity index (χ3v) is 4.05. The lowest BCUT2D eigenvalue weighted by molar-refractivity contribution is -0.123. The van der Waals surface area contributed by atoms with Gasteiger partial charge in [-0.3, -0.25) is 4.79 Å². The number of benzene rings is 1. The topological polar surface area (TPSA) is 47.6 Å². The van der Waals surface area contributed by atoms with Crippen LogP contribution in [-0.2, 0) is 16.0 Å². The van der Waals surface area contributed by atoms with Crippen LogP contribution in [-0.4, -0.2) is 32.3 Å². The summed E-state index contributed by atoms with van der Waals surface area (Å²) in [6.07, 6.45) is 5.45. The number of hydrogen-bond donors (Lipinski definition) is 1. The van der Waals surface area contributed by atoms with Crippen LogP contribution in [0.2, 0.25) is 0 Å². The third kappa shape index (κ3) is 6.06. The zero-order valence-corrected chi connectivity index (χ0v) is 13.5. The second kappa shape index (κ2) is 9.46. The van der Waals surface area contributed by atoms with E-state index in [0.29, 0.717) is 5.92 Å². The van der Waals surface area contributed by atoms with E-state index in [1.54, 1.807) is 0 Å². The minimum absolute atomic E-state index is 0.0512. The zero-order valence-electron chi connectivity index (χ0n) is 13.5. The van der Waals surface area contributed by atoms with Crippen LogP contribution in [0.4, 0.5) is 0 Å². The molecule has 1 saturated heterocycles. The van der Waals surface area contributed by atoms with Gasteiger partial charge in [0.25, 0.3) is 5.91 Å². The summed E-state index contributed by atoms with van der Waals surface area (Å²) in [5, 5.41) is 2.93. The largest absolute Gasteiger partial charge is 0.484 e. The number of carbonyl (C=O) groups is 1. The van der Waals surface area contributed by atoms with Crippen LogP contribution in [0.25, 0.3) is 0 Å². The third-order valence-electron chi connectivity index (χ3n) is 4.05. The van der Waals surface area contributed by atoms with E-state index in [2.05, 4.69) is 24.4 Å². The van der Waals surface area contributed by atoms with Gasteiger partial charge in [-0.15, -0.1) is 0 Å². The lowest BCUT2D eigenvalue weighted by Gasteiger charge is -2.21. The SMILES string of the molecule is CCCc1ccc(OCC(=O)NCCC2CCOCC2)cc1. The van der Waals surface area contributed by atoms with Crippen molar-refractivity contribution in [1.29, 1.82) is 0 Å². The van der Waals surface area contributed by atoms with Crippen molar-refractivity contribution in [3.63, 3.8) is 0 Å². The highest BCUT2D eigenvalue weighted by atomic mass is 16.5. The first kappa shape index (κ1) is 16.8. The molecule has 1 fully saturated rings. The summed E-state index contributed by atoms with van der Waals surface area (Å²) >= 11 is 0. The van der Waals surface area contributed by atoms with Crippen molar-refractivity contribution < 1.29 is 14.3 Å². The van der Waals surface area contributed by atoms with E-state index in [1.165, 1.54) is 5.56 Å². The van der Waals surface area contributed by atoms with Crippen LogP contribution in [0.15, 0.2) is 24.3 Å². The molecule has 1 amide bonds. The Bertz CT molecular complexity index is 438. The van der Waals surface area contributed by atoms with Gasteiger partial charge in [-0.2, -0.15) is 0 Å². The summed E-state index contributed by atoms with van der Waals surface area (Å²) < 4.78 is 10.8. The maximum absolute atomic E-state index is 11.8. The highest BCUT2D eigenvalue weighted by Crippen LogP contribution is 2.17. The van der Waals surface area contributed by atoms with Crippen molar-refractivity contribution >= 4 is 5.91 Å². The summed E-state index contributed by atoms with van der Waals surface area (Å²) in [5.41, 5.74) is 1.30. The second-order valence-electron chi connectivity index (χ2n) is 5.88. The monoisotopic (exact) mass is 305 g/mol. The molecule has 1 aromatic carbocycles. The molecule has 4 heteroatoms. The number of carbonyl (C=O) groups excluding carboxylic acids is 1. The molecule has 1 aliphatic heterocycles. The lowest BCUT2D eigenvalue weighted by Crippen LogP contribution is -2.31. The number of aryl methyl sites for hydroxylation is 1. The van der Waals surface area contributed by atoms with Crippen LogP contribution in [0.3, 0.4) is 0 Å². The Morgan fingerprint density at radius 1 is 1.27 bits per heavy atom. The normalized spacial score (nSPS) is 15.5. The van der Waals surface area contributed by atoms with Crippen molar-refractivity contribution in [2.24, 2.45) is 5.92 Å².